The van der Waals surface area contributed by atoms with E-state index >= 15 is 0 Å². The van der Waals surface area contributed by atoms with E-state index in [-0.39, 0.29) is 5.56 Å². The first-order valence-electron chi connectivity index (χ1n) is 12.1. The molecule has 0 aliphatic rings. The zero-order chi connectivity index (χ0) is 25.3. The minimum atomic E-state index is -0.174. The topological polar surface area (TPSA) is 76.2 Å². The van der Waals surface area contributed by atoms with Gasteiger partial charge < -0.3 is 10.6 Å². The summed E-state index contributed by atoms with van der Waals surface area (Å²) in [7, 11) is 0. The lowest BCUT2D eigenvalue weighted by molar-refractivity contribution is 0.386. The standard InChI is InChI=1S/C29H30ClN5O/c1-22-11-13-23(14-12-22)21-34(19-7-17-31)18-6-5-10-28-32-27-20-24(30)15-16-26(27)29(36)35(28)33-25-8-3-2-4-9-25/h2-4,8-9,11-16,20,33H,5,7,10,17,19,21,31H2,1H3. The van der Waals surface area contributed by atoms with E-state index in [2.05, 4.69) is 53.5 Å². The molecule has 36 heavy (non-hydrogen) atoms. The summed E-state index contributed by atoms with van der Waals surface area (Å²) in [5.74, 6) is 3.87. The number of anilines is 1. The highest BCUT2D eigenvalue weighted by Crippen LogP contribution is 2.17. The van der Waals surface area contributed by atoms with Crippen molar-refractivity contribution in [3.05, 3.63) is 105 Å². The number of benzene rings is 3. The molecule has 0 amide bonds. The average molecular weight is 500 g/mol. The van der Waals surface area contributed by atoms with Crippen LogP contribution in [-0.4, -0.2) is 27.6 Å². The van der Waals surface area contributed by atoms with Crippen LogP contribution >= 0.6 is 11.6 Å². The van der Waals surface area contributed by atoms with Crippen LogP contribution in [0.1, 0.15) is 29.8 Å². The molecule has 0 aliphatic carbocycles. The van der Waals surface area contributed by atoms with Crippen molar-refractivity contribution in [2.75, 3.05) is 18.5 Å². The number of nitrogens with one attached hydrogen (secondary N) is 1. The number of aryl methyl sites for hydroxylation is 2. The van der Waals surface area contributed by atoms with Crippen molar-refractivity contribution in [3.63, 3.8) is 0 Å². The van der Waals surface area contributed by atoms with Crippen molar-refractivity contribution in [2.24, 2.45) is 5.73 Å². The summed E-state index contributed by atoms with van der Waals surface area (Å²) >= 11 is 6.17. The Morgan fingerprint density at radius 3 is 2.61 bits per heavy atom. The zero-order valence-electron chi connectivity index (χ0n) is 20.4. The minimum Gasteiger partial charge on any atom is -0.330 e. The fourth-order valence-electron chi connectivity index (χ4n) is 3.84. The normalized spacial score (nSPS) is 10.6. The highest BCUT2D eigenvalue weighted by Gasteiger charge is 2.12. The Bertz CT molecular complexity index is 1420. The van der Waals surface area contributed by atoms with Crippen LogP contribution in [0.3, 0.4) is 0 Å². The maximum Gasteiger partial charge on any atom is 0.280 e. The molecule has 7 heteroatoms. The molecule has 6 nitrogen and oxygen atoms in total. The molecule has 4 rings (SSSR count). The smallest absolute Gasteiger partial charge is 0.280 e. The van der Waals surface area contributed by atoms with E-state index in [0.717, 1.165) is 25.2 Å². The fourth-order valence-corrected chi connectivity index (χ4v) is 4.01. The molecule has 1 aromatic heterocycles. The summed E-state index contributed by atoms with van der Waals surface area (Å²) in [6, 6.07) is 26.5. The molecule has 1 heterocycles. The predicted octanol–water partition coefficient (Wildman–Crippen LogP) is 4.98. The first kappa shape index (κ1) is 25.3. The number of hydrogen-bond acceptors (Lipinski definition) is 5. The van der Waals surface area contributed by atoms with Gasteiger partial charge in [-0.15, -0.1) is 0 Å². The van der Waals surface area contributed by atoms with E-state index in [0.29, 0.717) is 41.1 Å². The first-order valence-corrected chi connectivity index (χ1v) is 12.4. The van der Waals surface area contributed by atoms with Gasteiger partial charge in [-0.3, -0.25) is 10.2 Å². The third-order valence-corrected chi connectivity index (χ3v) is 5.99. The fraction of sp³-hybridized carbons (Fsp3) is 0.241. The number of fused-ring (bicyclic) bond motifs is 1. The number of para-hydroxylation sites is 1. The van der Waals surface area contributed by atoms with Gasteiger partial charge in [-0.1, -0.05) is 65.5 Å². The highest BCUT2D eigenvalue weighted by atomic mass is 35.5. The lowest BCUT2D eigenvalue weighted by Gasteiger charge is -2.17. The lowest BCUT2D eigenvalue weighted by atomic mass is 10.1. The Hall–Kier alpha value is -3.79. The van der Waals surface area contributed by atoms with Crippen LogP contribution < -0.4 is 16.7 Å². The van der Waals surface area contributed by atoms with Gasteiger partial charge in [0.2, 0.25) is 0 Å². The Balaban J connectivity index is 1.56. The zero-order valence-corrected chi connectivity index (χ0v) is 21.1. The van der Waals surface area contributed by atoms with Crippen LogP contribution in [0.15, 0.2) is 77.6 Å². The number of nitrogens with two attached hydrogens (primary N) is 1. The van der Waals surface area contributed by atoms with E-state index < -0.39 is 0 Å². The van der Waals surface area contributed by atoms with Gasteiger partial charge in [-0.25, -0.2) is 9.66 Å². The molecule has 0 saturated heterocycles. The molecule has 0 fully saturated rings. The second-order valence-corrected chi connectivity index (χ2v) is 9.08. The molecule has 0 aliphatic heterocycles. The van der Waals surface area contributed by atoms with Crippen molar-refractivity contribution < 1.29 is 0 Å². The second kappa shape index (κ2) is 12.3. The Labute approximate surface area is 216 Å². The largest absolute Gasteiger partial charge is 0.330 e. The van der Waals surface area contributed by atoms with E-state index in [1.165, 1.54) is 15.8 Å². The molecule has 0 bridgehead atoms. The maximum atomic E-state index is 13.3. The van der Waals surface area contributed by atoms with E-state index in [4.69, 9.17) is 22.3 Å². The van der Waals surface area contributed by atoms with Gasteiger partial charge in [0.15, 0.2) is 0 Å². The van der Waals surface area contributed by atoms with Crippen LogP contribution in [0, 0.1) is 18.9 Å². The molecule has 184 valence electrons. The molecule has 4 aromatic rings. The van der Waals surface area contributed by atoms with Gasteiger partial charge in [0.05, 0.1) is 23.1 Å². The minimum absolute atomic E-state index is 0.174. The van der Waals surface area contributed by atoms with Crippen LogP contribution in [-0.2, 0) is 13.0 Å². The van der Waals surface area contributed by atoms with E-state index in [9.17, 15) is 4.79 Å². The first-order chi connectivity index (χ1) is 17.5. The van der Waals surface area contributed by atoms with Crippen LogP contribution in [0.5, 0.6) is 0 Å². The van der Waals surface area contributed by atoms with Gasteiger partial charge in [-0.05, 0) is 55.8 Å². The number of rotatable bonds is 9. The van der Waals surface area contributed by atoms with Crippen molar-refractivity contribution >= 4 is 28.2 Å². The van der Waals surface area contributed by atoms with Crippen molar-refractivity contribution in [3.8, 4) is 12.0 Å². The highest BCUT2D eigenvalue weighted by molar-refractivity contribution is 6.31. The number of nitrogens with zero attached hydrogens (tertiary/aromatic N) is 3. The van der Waals surface area contributed by atoms with Gasteiger partial charge >= 0.3 is 0 Å². The Morgan fingerprint density at radius 1 is 1.08 bits per heavy atom. The van der Waals surface area contributed by atoms with Crippen LogP contribution in [0.25, 0.3) is 10.9 Å². The molecule has 3 N–H and O–H groups in total. The predicted molar refractivity (Wildman–Crippen MR) is 148 cm³/mol. The summed E-state index contributed by atoms with van der Waals surface area (Å²) in [5, 5.41) is 1.05. The number of hydrogen-bond donors (Lipinski definition) is 2. The summed E-state index contributed by atoms with van der Waals surface area (Å²) < 4.78 is 1.51. The molecular formula is C29H30ClN5O. The molecule has 0 unspecified atom stereocenters. The van der Waals surface area contributed by atoms with Crippen molar-refractivity contribution in [1.29, 1.82) is 0 Å². The maximum absolute atomic E-state index is 13.3. The quantitative estimate of drug-likeness (QED) is 0.251. The van der Waals surface area contributed by atoms with Crippen molar-refractivity contribution in [2.45, 2.75) is 32.7 Å². The van der Waals surface area contributed by atoms with Gasteiger partial charge in [0.25, 0.3) is 5.56 Å². The summed E-state index contributed by atoms with van der Waals surface area (Å²) in [6.45, 7) is 4.23. The Kier molecular flexibility index (Phi) is 8.62. The van der Waals surface area contributed by atoms with Gasteiger partial charge in [0.1, 0.15) is 5.82 Å². The number of aromatic nitrogens is 2. The third-order valence-electron chi connectivity index (χ3n) is 5.75. The third kappa shape index (κ3) is 6.66. The SMILES string of the molecule is Cc1ccc(CN(C#CCCc2nc3cc(Cl)ccc3c(=O)n2Nc2ccccc2)CCCN)cc1. The summed E-state index contributed by atoms with van der Waals surface area (Å²) in [5.41, 5.74) is 12.6. The molecular weight excluding hydrogens is 470 g/mol. The molecule has 0 radical (unpaired) electrons. The molecule has 0 saturated carbocycles. The Morgan fingerprint density at radius 2 is 1.86 bits per heavy atom. The molecule has 3 aromatic carbocycles. The molecule has 0 atom stereocenters. The monoisotopic (exact) mass is 499 g/mol. The molecule has 0 spiro atoms. The van der Waals surface area contributed by atoms with Crippen LogP contribution in [0.2, 0.25) is 5.02 Å². The average Bonchev–Trinajstić information content (AvgIpc) is 2.88. The summed E-state index contributed by atoms with van der Waals surface area (Å²) in [4.78, 5) is 20.2. The summed E-state index contributed by atoms with van der Waals surface area (Å²) in [6.07, 6.45) is 1.91. The van der Waals surface area contributed by atoms with Gasteiger partial charge in [-0.2, -0.15) is 0 Å². The van der Waals surface area contributed by atoms with E-state index in [1.807, 2.05) is 30.3 Å². The van der Waals surface area contributed by atoms with Crippen molar-refractivity contribution in [1.82, 2.24) is 14.6 Å². The lowest BCUT2D eigenvalue weighted by Crippen LogP contribution is -2.31. The van der Waals surface area contributed by atoms with Crippen LogP contribution in [0.4, 0.5) is 5.69 Å². The van der Waals surface area contributed by atoms with E-state index in [1.54, 1.807) is 18.2 Å². The van der Waals surface area contributed by atoms with Gasteiger partial charge in [0, 0.05) is 30.5 Å². The second-order valence-electron chi connectivity index (χ2n) is 8.65. The number of halogens is 1.